The molecular formula is C39H42F6N4O3S. The quantitative estimate of drug-likeness (QED) is 0.173. The maximum absolute atomic E-state index is 14.7. The van der Waals surface area contributed by atoms with E-state index in [0.29, 0.717) is 19.1 Å². The molecule has 3 atom stereocenters. The van der Waals surface area contributed by atoms with Crippen LogP contribution in [-0.4, -0.2) is 72.8 Å². The summed E-state index contributed by atoms with van der Waals surface area (Å²) in [5, 5.41) is 1.28. The molecule has 3 heterocycles. The van der Waals surface area contributed by atoms with Crippen LogP contribution >= 0.6 is 0 Å². The molecule has 3 aromatic carbocycles. The van der Waals surface area contributed by atoms with Gasteiger partial charge >= 0.3 is 12.4 Å². The maximum atomic E-state index is 14.7. The number of hydrogen-bond acceptors (Lipinski definition) is 6. The number of likely N-dealkylation sites (tertiary alicyclic amines) is 2. The first-order valence-electron chi connectivity index (χ1n) is 17.7. The number of piperidine rings is 1. The topological polar surface area (TPSA) is 82.6 Å². The number of benzene rings is 3. The Kier molecular flexibility index (Phi) is 11.0. The van der Waals surface area contributed by atoms with Crippen LogP contribution in [0.5, 0.6) is 0 Å². The number of hydrogen-bond donors (Lipinski definition) is 1. The monoisotopic (exact) mass is 760 g/mol. The second-order valence-electron chi connectivity index (χ2n) is 14.3. The first-order chi connectivity index (χ1) is 24.9. The molecule has 0 bridgehead atoms. The normalized spacial score (nSPS) is 19.9. The average Bonchev–Trinajstić information content (AvgIpc) is 3.64. The van der Waals surface area contributed by atoms with Crippen LogP contribution in [0.1, 0.15) is 73.1 Å². The summed E-state index contributed by atoms with van der Waals surface area (Å²) in [7, 11) is -3.93. The van der Waals surface area contributed by atoms with Crippen molar-refractivity contribution in [2.24, 2.45) is 5.92 Å². The predicted molar refractivity (Wildman–Crippen MR) is 191 cm³/mol. The minimum atomic E-state index is -4.93. The third-order valence-electron chi connectivity index (χ3n) is 10.4. The SMILES string of the molecule is CC1CN(Cc2c(-c3cccc(C(F)(F)F)c3)nc3ccc(S(=O)(=O)C(C)C)cc3c2C(=O)N[C@H](c2ccccc2)C(F)(F)F)CCC1N1CCCC1. The molecule has 1 aromatic heterocycles. The molecule has 0 saturated carbocycles. The number of sulfone groups is 1. The van der Waals surface area contributed by atoms with E-state index in [1.165, 1.54) is 68.4 Å². The molecule has 0 aliphatic carbocycles. The third-order valence-corrected chi connectivity index (χ3v) is 12.5. The Morgan fingerprint density at radius 2 is 1.62 bits per heavy atom. The van der Waals surface area contributed by atoms with E-state index in [2.05, 4.69) is 17.1 Å². The van der Waals surface area contributed by atoms with Crippen LogP contribution in [0, 0.1) is 5.92 Å². The van der Waals surface area contributed by atoms with E-state index in [1.54, 1.807) is 6.07 Å². The van der Waals surface area contributed by atoms with Gasteiger partial charge in [-0.05, 0) is 94.6 Å². The van der Waals surface area contributed by atoms with Gasteiger partial charge in [-0.3, -0.25) is 9.69 Å². The molecule has 1 amide bonds. The van der Waals surface area contributed by atoms with E-state index in [0.717, 1.165) is 44.5 Å². The molecule has 2 saturated heterocycles. The van der Waals surface area contributed by atoms with Crippen molar-refractivity contribution in [2.45, 2.75) is 81.2 Å². The van der Waals surface area contributed by atoms with Gasteiger partial charge in [0.05, 0.1) is 32.5 Å². The van der Waals surface area contributed by atoms with Gasteiger partial charge < -0.3 is 10.2 Å². The first-order valence-corrected chi connectivity index (χ1v) is 19.3. The lowest BCUT2D eigenvalue weighted by molar-refractivity contribution is -0.155. The lowest BCUT2D eigenvalue weighted by Gasteiger charge is -2.41. The van der Waals surface area contributed by atoms with Gasteiger partial charge in [0.25, 0.3) is 5.91 Å². The Labute approximate surface area is 305 Å². The summed E-state index contributed by atoms with van der Waals surface area (Å²) in [6.07, 6.45) is -6.63. The molecule has 53 heavy (non-hydrogen) atoms. The molecule has 6 rings (SSSR count). The Bertz CT molecular complexity index is 2070. The molecular weight excluding hydrogens is 719 g/mol. The summed E-state index contributed by atoms with van der Waals surface area (Å²) in [6.45, 7) is 8.16. The van der Waals surface area contributed by atoms with Crippen molar-refractivity contribution in [3.8, 4) is 11.3 Å². The smallest absolute Gasteiger partial charge is 0.337 e. The first kappa shape index (κ1) is 38.7. The zero-order valence-corrected chi connectivity index (χ0v) is 30.5. The highest BCUT2D eigenvalue weighted by atomic mass is 32.2. The number of carbonyl (C=O) groups excluding carboxylic acids is 1. The van der Waals surface area contributed by atoms with Gasteiger partial charge in [-0.15, -0.1) is 0 Å². The van der Waals surface area contributed by atoms with E-state index >= 15 is 0 Å². The van der Waals surface area contributed by atoms with Gasteiger partial charge in [0.1, 0.15) is 0 Å². The number of aromatic nitrogens is 1. The van der Waals surface area contributed by atoms with Crippen molar-refractivity contribution in [3.05, 3.63) is 95.1 Å². The third kappa shape index (κ3) is 8.24. The Hall–Kier alpha value is -4.01. The molecule has 2 fully saturated rings. The Morgan fingerprint density at radius 1 is 0.925 bits per heavy atom. The highest BCUT2D eigenvalue weighted by molar-refractivity contribution is 7.92. The van der Waals surface area contributed by atoms with Crippen molar-refractivity contribution in [3.63, 3.8) is 0 Å². The molecule has 0 spiro atoms. The van der Waals surface area contributed by atoms with E-state index in [1.807, 2.05) is 4.90 Å². The summed E-state index contributed by atoms with van der Waals surface area (Å²) in [6, 6.07) is 13.0. The summed E-state index contributed by atoms with van der Waals surface area (Å²) >= 11 is 0. The van der Waals surface area contributed by atoms with Gasteiger partial charge in [0, 0.05) is 35.6 Å². The highest BCUT2D eigenvalue weighted by Crippen LogP contribution is 2.39. The van der Waals surface area contributed by atoms with E-state index in [9.17, 15) is 39.6 Å². The number of pyridine rings is 1. The van der Waals surface area contributed by atoms with Gasteiger partial charge in [-0.2, -0.15) is 26.3 Å². The molecule has 1 N–H and O–H groups in total. The van der Waals surface area contributed by atoms with E-state index in [4.69, 9.17) is 4.98 Å². The predicted octanol–water partition coefficient (Wildman–Crippen LogP) is 8.44. The summed E-state index contributed by atoms with van der Waals surface area (Å²) < 4.78 is 113. The van der Waals surface area contributed by atoms with Crippen LogP contribution in [0.3, 0.4) is 0 Å². The fourth-order valence-electron chi connectivity index (χ4n) is 7.63. The highest BCUT2D eigenvalue weighted by Gasteiger charge is 2.43. The molecule has 0 radical (unpaired) electrons. The number of halogens is 6. The summed E-state index contributed by atoms with van der Waals surface area (Å²) in [5.74, 6) is -0.981. The lowest BCUT2D eigenvalue weighted by Crippen LogP contribution is -2.49. The number of nitrogens with zero attached hydrogens (tertiary/aromatic N) is 3. The lowest BCUT2D eigenvalue weighted by atomic mass is 9.90. The molecule has 2 aliphatic rings. The van der Waals surface area contributed by atoms with Crippen LogP contribution in [0.15, 0.2) is 77.7 Å². The van der Waals surface area contributed by atoms with Gasteiger partial charge in [0.2, 0.25) is 0 Å². The second-order valence-corrected chi connectivity index (χ2v) is 16.8. The second kappa shape index (κ2) is 15.0. The van der Waals surface area contributed by atoms with Gasteiger partial charge in [-0.1, -0.05) is 49.4 Å². The minimum absolute atomic E-state index is 0.00851. The van der Waals surface area contributed by atoms with Crippen molar-refractivity contribution in [2.75, 3.05) is 26.2 Å². The van der Waals surface area contributed by atoms with Crippen molar-refractivity contribution < 1.29 is 39.6 Å². The fourth-order valence-corrected chi connectivity index (χ4v) is 8.72. The van der Waals surface area contributed by atoms with Crippen molar-refractivity contribution in [1.29, 1.82) is 0 Å². The number of nitrogens with one attached hydrogen (secondary N) is 1. The molecule has 14 heteroatoms. The summed E-state index contributed by atoms with van der Waals surface area (Å²) in [5.41, 5.74) is -1.32. The van der Waals surface area contributed by atoms with Gasteiger partial charge in [0.15, 0.2) is 15.9 Å². The van der Waals surface area contributed by atoms with Crippen LogP contribution in [-0.2, 0) is 22.6 Å². The fraction of sp³-hybridized carbons (Fsp3) is 0.436. The minimum Gasteiger partial charge on any atom is -0.337 e. The largest absolute Gasteiger partial charge is 0.416 e. The van der Waals surface area contributed by atoms with Crippen LogP contribution in [0.2, 0.25) is 0 Å². The number of rotatable bonds is 9. The Balaban J connectivity index is 1.57. The molecule has 284 valence electrons. The standard InChI is InChI=1S/C39H42F6N4O3S/c1-24(2)53(51,52)29-14-15-32-30(21-29)34(37(50)47-36(39(43,44)45)26-10-5-4-6-11-26)31(35(46-32)27-12-9-13-28(20-27)38(40,41)42)23-48-19-16-33(25(3)22-48)49-17-7-8-18-49/h4-6,9-15,20-21,24-25,33,36H,7-8,16-19,22-23H2,1-3H3,(H,47,50)/t25?,33?,36-/m1/s1. The summed E-state index contributed by atoms with van der Waals surface area (Å²) in [4.78, 5) is 23.6. The van der Waals surface area contributed by atoms with Crippen molar-refractivity contribution >= 4 is 26.6 Å². The van der Waals surface area contributed by atoms with Gasteiger partial charge in [-0.25, -0.2) is 13.4 Å². The maximum Gasteiger partial charge on any atom is 0.416 e. The molecule has 4 aromatic rings. The van der Waals surface area contributed by atoms with Crippen molar-refractivity contribution in [1.82, 2.24) is 20.1 Å². The molecule has 2 unspecified atom stereocenters. The van der Waals surface area contributed by atoms with E-state index in [-0.39, 0.29) is 56.2 Å². The zero-order chi connectivity index (χ0) is 38.3. The van der Waals surface area contributed by atoms with Crippen LogP contribution in [0.25, 0.3) is 22.2 Å². The number of fused-ring (bicyclic) bond motifs is 1. The number of carbonyl (C=O) groups is 1. The molecule has 7 nitrogen and oxygen atoms in total. The van der Waals surface area contributed by atoms with Crippen LogP contribution < -0.4 is 5.32 Å². The average molecular weight is 761 g/mol. The number of alkyl halides is 6. The zero-order valence-electron chi connectivity index (χ0n) is 29.6. The number of amides is 1. The van der Waals surface area contributed by atoms with E-state index < -0.39 is 45.0 Å². The Morgan fingerprint density at radius 3 is 2.25 bits per heavy atom. The van der Waals surface area contributed by atoms with Crippen LogP contribution in [0.4, 0.5) is 26.3 Å². The molecule has 2 aliphatic heterocycles.